The van der Waals surface area contributed by atoms with Gasteiger partial charge < -0.3 is 4.74 Å². The summed E-state index contributed by atoms with van der Waals surface area (Å²) in [6, 6.07) is 3.77. The topological polar surface area (TPSA) is 26.3 Å². The fraction of sp³-hybridized carbons (Fsp3) is 0.364. The van der Waals surface area contributed by atoms with Crippen LogP contribution >= 0.6 is 11.6 Å². The largest absolute Gasteiger partial charge is 0.465 e. The summed E-state index contributed by atoms with van der Waals surface area (Å²) in [4.78, 5) is 11.5. The number of hydrogen-bond acceptors (Lipinski definition) is 2. The molecule has 0 fully saturated rings. The summed E-state index contributed by atoms with van der Waals surface area (Å²) in [5.74, 6) is -0.325. The number of aryl methyl sites for hydroxylation is 1. The Morgan fingerprint density at radius 1 is 1.43 bits per heavy atom. The van der Waals surface area contributed by atoms with Crippen molar-refractivity contribution in [1.29, 1.82) is 0 Å². The second-order valence-corrected chi connectivity index (χ2v) is 3.81. The highest BCUT2D eigenvalue weighted by molar-refractivity contribution is 6.33. The van der Waals surface area contributed by atoms with E-state index in [9.17, 15) is 4.79 Å². The summed E-state index contributed by atoms with van der Waals surface area (Å²) in [7, 11) is 1.38. The summed E-state index contributed by atoms with van der Waals surface area (Å²) in [5, 5.41) is 0.498. The van der Waals surface area contributed by atoms with Crippen LogP contribution in [0.4, 0.5) is 0 Å². The van der Waals surface area contributed by atoms with Gasteiger partial charge in [-0.1, -0.05) is 17.7 Å². The fourth-order valence-corrected chi connectivity index (χ4v) is 2.21. The van der Waals surface area contributed by atoms with Gasteiger partial charge in [-0.3, -0.25) is 0 Å². The minimum Gasteiger partial charge on any atom is -0.465 e. The molecule has 0 aromatic heterocycles. The smallest absolute Gasteiger partial charge is 0.339 e. The van der Waals surface area contributed by atoms with Crippen LogP contribution in [-0.4, -0.2) is 13.1 Å². The van der Waals surface area contributed by atoms with Gasteiger partial charge in [-0.05, 0) is 36.5 Å². The second kappa shape index (κ2) is 3.62. The minimum atomic E-state index is -0.325. The number of benzene rings is 1. The Balaban J connectivity index is 2.57. The van der Waals surface area contributed by atoms with Crippen molar-refractivity contribution in [2.24, 2.45) is 0 Å². The van der Waals surface area contributed by atoms with E-state index in [4.69, 9.17) is 16.3 Å². The molecule has 1 aromatic carbocycles. The van der Waals surface area contributed by atoms with Crippen molar-refractivity contribution in [3.8, 4) is 0 Å². The van der Waals surface area contributed by atoms with Crippen LogP contribution < -0.4 is 0 Å². The Bertz CT molecular complexity index is 385. The maximum atomic E-state index is 11.5. The summed E-state index contributed by atoms with van der Waals surface area (Å²) < 4.78 is 4.72. The molecule has 0 heterocycles. The molecule has 1 aliphatic rings. The molecule has 0 amide bonds. The molecule has 2 rings (SSSR count). The number of carbonyl (C=O) groups is 1. The first-order valence-corrected chi connectivity index (χ1v) is 5.00. The normalized spacial score (nSPS) is 13.9. The van der Waals surface area contributed by atoms with Gasteiger partial charge in [0.05, 0.1) is 17.7 Å². The Kier molecular flexibility index (Phi) is 2.46. The molecule has 0 aliphatic heterocycles. The van der Waals surface area contributed by atoms with Crippen molar-refractivity contribution in [3.05, 3.63) is 33.8 Å². The average Bonchev–Trinajstić information content (AvgIpc) is 2.64. The lowest BCUT2D eigenvalue weighted by atomic mass is 10.0. The summed E-state index contributed by atoms with van der Waals surface area (Å²) in [6.45, 7) is 0. The predicted molar refractivity (Wildman–Crippen MR) is 54.8 cm³/mol. The standard InChI is InChI=1S/C11H11ClO2/c1-14-11(13)10-8-4-2-3-7(8)5-6-9(10)12/h5-6H,2-4H2,1H3. The quantitative estimate of drug-likeness (QED) is 0.666. The molecule has 0 bridgehead atoms. The monoisotopic (exact) mass is 210 g/mol. The van der Waals surface area contributed by atoms with Crippen molar-refractivity contribution in [3.63, 3.8) is 0 Å². The molecule has 0 saturated heterocycles. The first-order chi connectivity index (χ1) is 6.74. The van der Waals surface area contributed by atoms with E-state index >= 15 is 0 Å². The number of carbonyl (C=O) groups excluding carboxylic acids is 1. The number of halogens is 1. The van der Waals surface area contributed by atoms with Crippen LogP contribution in [0.5, 0.6) is 0 Å². The lowest BCUT2D eigenvalue weighted by molar-refractivity contribution is 0.0600. The molecule has 0 spiro atoms. The van der Waals surface area contributed by atoms with Crippen molar-refractivity contribution in [2.75, 3.05) is 7.11 Å². The van der Waals surface area contributed by atoms with Crippen molar-refractivity contribution in [2.45, 2.75) is 19.3 Å². The third-order valence-corrected chi connectivity index (χ3v) is 2.94. The maximum Gasteiger partial charge on any atom is 0.339 e. The highest BCUT2D eigenvalue weighted by atomic mass is 35.5. The Morgan fingerprint density at radius 3 is 2.93 bits per heavy atom. The molecule has 0 saturated carbocycles. The summed E-state index contributed by atoms with van der Waals surface area (Å²) in [6.07, 6.45) is 3.07. The maximum absolute atomic E-state index is 11.5. The van der Waals surface area contributed by atoms with E-state index in [1.165, 1.54) is 12.7 Å². The van der Waals surface area contributed by atoms with Crippen LogP contribution in [0, 0.1) is 0 Å². The third kappa shape index (κ3) is 1.40. The van der Waals surface area contributed by atoms with Gasteiger partial charge in [0.1, 0.15) is 0 Å². The van der Waals surface area contributed by atoms with Gasteiger partial charge in [0.2, 0.25) is 0 Å². The van der Waals surface area contributed by atoms with Crippen LogP contribution in [0.15, 0.2) is 12.1 Å². The van der Waals surface area contributed by atoms with Crippen molar-refractivity contribution >= 4 is 17.6 Å². The zero-order valence-corrected chi connectivity index (χ0v) is 8.73. The lowest BCUT2D eigenvalue weighted by Gasteiger charge is -2.08. The van der Waals surface area contributed by atoms with Gasteiger partial charge in [-0.2, -0.15) is 0 Å². The van der Waals surface area contributed by atoms with Crippen molar-refractivity contribution < 1.29 is 9.53 Å². The van der Waals surface area contributed by atoms with Crippen LogP contribution in [0.3, 0.4) is 0 Å². The second-order valence-electron chi connectivity index (χ2n) is 3.41. The fourth-order valence-electron chi connectivity index (χ4n) is 1.96. The molecule has 0 N–H and O–H groups in total. The third-order valence-electron chi connectivity index (χ3n) is 2.62. The van der Waals surface area contributed by atoms with E-state index in [-0.39, 0.29) is 5.97 Å². The van der Waals surface area contributed by atoms with E-state index in [1.54, 1.807) is 6.07 Å². The molecule has 3 heteroatoms. The first-order valence-electron chi connectivity index (χ1n) is 4.62. The van der Waals surface area contributed by atoms with Crippen molar-refractivity contribution in [1.82, 2.24) is 0 Å². The van der Waals surface area contributed by atoms with Gasteiger partial charge in [0.25, 0.3) is 0 Å². The summed E-state index contributed by atoms with van der Waals surface area (Å²) >= 11 is 5.98. The average molecular weight is 211 g/mol. The Hall–Kier alpha value is -1.02. The van der Waals surface area contributed by atoms with E-state index < -0.39 is 0 Å². The molecule has 14 heavy (non-hydrogen) atoms. The zero-order chi connectivity index (χ0) is 10.1. The molecular formula is C11H11ClO2. The molecule has 1 aliphatic carbocycles. The number of rotatable bonds is 1. The van der Waals surface area contributed by atoms with Crippen LogP contribution in [0.1, 0.15) is 27.9 Å². The summed E-state index contributed by atoms with van der Waals surface area (Å²) in [5.41, 5.74) is 2.86. The molecule has 74 valence electrons. The SMILES string of the molecule is COC(=O)c1c(Cl)ccc2c1CCC2. The Morgan fingerprint density at radius 2 is 2.21 bits per heavy atom. The number of hydrogen-bond donors (Lipinski definition) is 0. The lowest BCUT2D eigenvalue weighted by Crippen LogP contribution is -2.06. The van der Waals surface area contributed by atoms with E-state index in [0.717, 1.165) is 24.8 Å². The van der Waals surface area contributed by atoms with Crippen LogP contribution in [0.2, 0.25) is 5.02 Å². The van der Waals surface area contributed by atoms with Gasteiger partial charge in [-0.25, -0.2) is 4.79 Å². The number of fused-ring (bicyclic) bond motifs is 1. The molecular weight excluding hydrogens is 200 g/mol. The highest BCUT2D eigenvalue weighted by Gasteiger charge is 2.22. The number of esters is 1. The molecule has 0 atom stereocenters. The first kappa shape index (κ1) is 9.53. The molecule has 2 nitrogen and oxygen atoms in total. The van der Waals surface area contributed by atoms with Gasteiger partial charge >= 0.3 is 5.97 Å². The van der Waals surface area contributed by atoms with Gasteiger partial charge in [-0.15, -0.1) is 0 Å². The predicted octanol–water partition coefficient (Wildman–Crippen LogP) is 2.62. The van der Waals surface area contributed by atoms with E-state index in [1.807, 2.05) is 6.07 Å². The van der Waals surface area contributed by atoms with E-state index in [2.05, 4.69) is 0 Å². The van der Waals surface area contributed by atoms with E-state index in [0.29, 0.717) is 10.6 Å². The zero-order valence-electron chi connectivity index (χ0n) is 7.97. The van der Waals surface area contributed by atoms with Gasteiger partial charge in [0, 0.05) is 0 Å². The molecule has 0 unspecified atom stereocenters. The molecule has 1 aromatic rings. The Labute approximate surface area is 87.8 Å². The van der Waals surface area contributed by atoms with Gasteiger partial charge in [0.15, 0.2) is 0 Å². The number of methoxy groups -OCH3 is 1. The molecule has 0 radical (unpaired) electrons. The van der Waals surface area contributed by atoms with Crippen LogP contribution in [0.25, 0.3) is 0 Å². The number of ether oxygens (including phenoxy) is 1. The van der Waals surface area contributed by atoms with Crippen LogP contribution in [-0.2, 0) is 17.6 Å². The highest BCUT2D eigenvalue weighted by Crippen LogP contribution is 2.30. The minimum absolute atomic E-state index is 0.325.